The number of rotatable bonds is 4. The maximum Gasteiger partial charge on any atom is 0.228 e. The zero-order chi connectivity index (χ0) is 14.8. The molecule has 0 spiro atoms. The normalized spacial score (nSPS) is 19.4. The largest absolute Gasteiger partial charge is 0.357 e. The summed E-state index contributed by atoms with van der Waals surface area (Å²) in [4.78, 5) is 12.9. The third-order valence-electron chi connectivity index (χ3n) is 3.00. The monoisotopic (exact) mass is 301 g/mol. The van der Waals surface area contributed by atoms with Crippen molar-refractivity contribution < 1.29 is 0 Å². The van der Waals surface area contributed by atoms with E-state index in [0.717, 1.165) is 23.6 Å². The number of aromatic nitrogens is 3. The first-order valence-corrected chi connectivity index (χ1v) is 7.53. The molecule has 8 heteroatoms. The van der Waals surface area contributed by atoms with Crippen molar-refractivity contribution >= 4 is 29.2 Å². The number of nitrogens with zero attached hydrogens (tertiary/aromatic N) is 4. The van der Waals surface area contributed by atoms with E-state index in [-0.39, 0.29) is 0 Å². The maximum atomic E-state index is 9.45. The van der Waals surface area contributed by atoms with Crippen LogP contribution in [0.2, 0.25) is 0 Å². The molecule has 0 unspecified atom stereocenters. The number of anilines is 2. The fourth-order valence-electron chi connectivity index (χ4n) is 1.78. The van der Waals surface area contributed by atoms with Crippen LogP contribution in [0.25, 0.3) is 5.57 Å². The molecular weight excluding hydrogens is 286 g/mol. The van der Waals surface area contributed by atoms with Crippen molar-refractivity contribution in [3.63, 3.8) is 0 Å². The highest BCUT2D eigenvalue weighted by atomic mass is 32.2. The summed E-state index contributed by atoms with van der Waals surface area (Å²) < 4.78 is 0. The van der Waals surface area contributed by atoms with Crippen molar-refractivity contribution in [2.75, 3.05) is 17.7 Å². The second-order valence-electron chi connectivity index (χ2n) is 4.83. The Hall–Kier alpha value is -2.27. The Kier molecular flexibility index (Phi) is 3.66. The standard InChI is InChI=1S/C13H15N7S/c1-7-6-21-11(16-7)9(5-14)10-18-12(15-2)20-13(19-10)17-8-3-4-8/h6,8,16H,3-4H2,1-2H3,(H2,15,17,18,19,20). The molecule has 1 saturated carbocycles. The van der Waals surface area contributed by atoms with Gasteiger partial charge in [-0.3, -0.25) is 0 Å². The third kappa shape index (κ3) is 3.08. The molecule has 21 heavy (non-hydrogen) atoms. The van der Waals surface area contributed by atoms with E-state index in [0.29, 0.717) is 29.3 Å². The summed E-state index contributed by atoms with van der Waals surface area (Å²) in [5.41, 5.74) is 1.42. The van der Waals surface area contributed by atoms with Crippen LogP contribution in [0, 0.1) is 11.3 Å². The molecule has 0 saturated heterocycles. The zero-order valence-corrected chi connectivity index (χ0v) is 12.6. The van der Waals surface area contributed by atoms with Crippen molar-refractivity contribution in [3.8, 4) is 6.07 Å². The van der Waals surface area contributed by atoms with Crippen molar-refractivity contribution in [3.05, 3.63) is 22.0 Å². The van der Waals surface area contributed by atoms with Crippen LogP contribution in [0.5, 0.6) is 0 Å². The average molecular weight is 301 g/mol. The van der Waals surface area contributed by atoms with Gasteiger partial charge in [0.1, 0.15) is 11.6 Å². The molecule has 1 aromatic rings. The molecule has 2 heterocycles. The first-order valence-electron chi connectivity index (χ1n) is 6.65. The van der Waals surface area contributed by atoms with E-state index in [4.69, 9.17) is 0 Å². The summed E-state index contributed by atoms with van der Waals surface area (Å²) in [5.74, 6) is 1.33. The Bertz CT molecular complexity index is 670. The number of hydrogen-bond acceptors (Lipinski definition) is 8. The van der Waals surface area contributed by atoms with E-state index in [9.17, 15) is 5.26 Å². The lowest BCUT2D eigenvalue weighted by atomic mass is 10.3. The van der Waals surface area contributed by atoms with Crippen LogP contribution in [0.1, 0.15) is 25.6 Å². The van der Waals surface area contributed by atoms with E-state index in [1.807, 2.05) is 12.3 Å². The Morgan fingerprint density at radius 1 is 1.38 bits per heavy atom. The van der Waals surface area contributed by atoms with Gasteiger partial charge in [-0.15, -0.1) is 0 Å². The van der Waals surface area contributed by atoms with E-state index >= 15 is 0 Å². The molecule has 1 aliphatic carbocycles. The number of nitrogens with one attached hydrogen (secondary N) is 3. The smallest absolute Gasteiger partial charge is 0.228 e. The molecule has 3 rings (SSSR count). The third-order valence-corrected chi connectivity index (χ3v) is 4.01. The van der Waals surface area contributed by atoms with E-state index in [1.54, 1.807) is 7.05 Å². The van der Waals surface area contributed by atoms with E-state index in [1.165, 1.54) is 11.8 Å². The van der Waals surface area contributed by atoms with Crippen molar-refractivity contribution in [2.24, 2.45) is 0 Å². The van der Waals surface area contributed by atoms with Crippen molar-refractivity contribution in [1.29, 1.82) is 5.26 Å². The average Bonchev–Trinajstić information content (AvgIpc) is 3.19. The highest BCUT2D eigenvalue weighted by molar-refractivity contribution is 8.06. The lowest BCUT2D eigenvalue weighted by Crippen LogP contribution is -2.12. The van der Waals surface area contributed by atoms with Crippen LogP contribution in [0.3, 0.4) is 0 Å². The summed E-state index contributed by atoms with van der Waals surface area (Å²) in [6.45, 7) is 1.95. The predicted octanol–water partition coefficient (Wildman–Crippen LogP) is 1.88. The van der Waals surface area contributed by atoms with Crippen LogP contribution in [-0.4, -0.2) is 28.0 Å². The summed E-state index contributed by atoms with van der Waals surface area (Å²) >= 11 is 1.47. The van der Waals surface area contributed by atoms with Crippen LogP contribution < -0.4 is 16.0 Å². The quantitative estimate of drug-likeness (QED) is 0.725. The summed E-state index contributed by atoms with van der Waals surface area (Å²) in [7, 11) is 1.74. The van der Waals surface area contributed by atoms with Gasteiger partial charge in [0.15, 0.2) is 5.82 Å². The molecular formula is C13H15N7S. The van der Waals surface area contributed by atoms with Crippen molar-refractivity contribution in [2.45, 2.75) is 25.8 Å². The van der Waals surface area contributed by atoms with Crippen LogP contribution >= 0.6 is 11.8 Å². The Balaban J connectivity index is 1.97. The Morgan fingerprint density at radius 2 is 2.14 bits per heavy atom. The van der Waals surface area contributed by atoms with Gasteiger partial charge in [-0.2, -0.15) is 20.2 Å². The molecule has 3 N–H and O–H groups in total. The van der Waals surface area contributed by atoms with Crippen LogP contribution in [-0.2, 0) is 0 Å². The van der Waals surface area contributed by atoms with E-state index < -0.39 is 0 Å². The van der Waals surface area contributed by atoms with Crippen LogP contribution in [0.4, 0.5) is 11.9 Å². The van der Waals surface area contributed by atoms with Gasteiger partial charge < -0.3 is 16.0 Å². The number of nitriles is 1. The number of hydrogen-bond donors (Lipinski definition) is 3. The Morgan fingerprint density at radius 3 is 2.71 bits per heavy atom. The molecule has 0 bridgehead atoms. The topological polar surface area (TPSA) is 98.5 Å². The minimum atomic E-state index is 0.373. The SMILES string of the molecule is CNc1nc(NC2CC2)nc(C(C#N)=C2NC(C)=CS2)n1. The van der Waals surface area contributed by atoms with Gasteiger partial charge >= 0.3 is 0 Å². The van der Waals surface area contributed by atoms with Gasteiger partial charge in [-0.05, 0) is 25.2 Å². The maximum absolute atomic E-state index is 9.45. The molecule has 1 fully saturated rings. The fourth-order valence-corrected chi connectivity index (χ4v) is 2.61. The molecule has 1 aliphatic heterocycles. The molecule has 2 aliphatic rings. The zero-order valence-electron chi connectivity index (χ0n) is 11.8. The predicted molar refractivity (Wildman–Crippen MR) is 83.0 cm³/mol. The molecule has 0 aromatic carbocycles. The molecule has 1 aromatic heterocycles. The summed E-state index contributed by atoms with van der Waals surface area (Å²) in [5, 5.41) is 21.4. The molecule has 0 atom stereocenters. The van der Waals surface area contributed by atoms with E-state index in [2.05, 4.69) is 37.0 Å². The second-order valence-corrected chi connectivity index (χ2v) is 5.71. The van der Waals surface area contributed by atoms with Gasteiger partial charge in [-0.25, -0.2) is 0 Å². The molecule has 0 amide bonds. The van der Waals surface area contributed by atoms with Gasteiger partial charge in [0.2, 0.25) is 11.9 Å². The lowest BCUT2D eigenvalue weighted by Gasteiger charge is -2.09. The first-order chi connectivity index (χ1) is 10.2. The highest BCUT2D eigenvalue weighted by Crippen LogP contribution is 2.31. The Labute approximate surface area is 127 Å². The van der Waals surface area contributed by atoms with Gasteiger partial charge in [-0.1, -0.05) is 11.8 Å². The minimum absolute atomic E-state index is 0.373. The molecule has 7 nitrogen and oxygen atoms in total. The van der Waals surface area contributed by atoms with Crippen molar-refractivity contribution in [1.82, 2.24) is 20.3 Å². The number of thioether (sulfide) groups is 1. The second kappa shape index (κ2) is 5.61. The van der Waals surface area contributed by atoms with Gasteiger partial charge in [0, 0.05) is 18.8 Å². The highest BCUT2D eigenvalue weighted by Gasteiger charge is 2.24. The fraction of sp³-hybridized carbons (Fsp3) is 0.385. The molecule has 0 radical (unpaired) electrons. The summed E-state index contributed by atoms with van der Waals surface area (Å²) in [6, 6.07) is 2.62. The lowest BCUT2D eigenvalue weighted by molar-refractivity contribution is 0.979. The first kappa shape index (κ1) is 13.7. The minimum Gasteiger partial charge on any atom is -0.357 e. The summed E-state index contributed by atoms with van der Waals surface area (Å²) in [6.07, 6.45) is 2.26. The number of allylic oxidation sites excluding steroid dienone is 2. The van der Waals surface area contributed by atoms with Crippen LogP contribution in [0.15, 0.2) is 16.1 Å². The van der Waals surface area contributed by atoms with Gasteiger partial charge in [0.05, 0.1) is 5.03 Å². The van der Waals surface area contributed by atoms with Gasteiger partial charge in [0.25, 0.3) is 0 Å². The molecule has 108 valence electrons.